The minimum absolute atomic E-state index is 0. The molecule has 3 rings (SSSR count). The van der Waals surface area contributed by atoms with Crippen LogP contribution >= 0.6 is 0 Å². The number of anilines is 2. The molecule has 1 heterocycles. The van der Waals surface area contributed by atoms with Gasteiger partial charge in [-0.15, -0.1) is 0 Å². The maximum Gasteiger partial charge on any atom is 0.141 e. The van der Waals surface area contributed by atoms with E-state index in [2.05, 4.69) is 41.3 Å². The van der Waals surface area contributed by atoms with Gasteiger partial charge in [0.15, 0.2) is 0 Å². The predicted molar refractivity (Wildman–Crippen MR) is 92.4 cm³/mol. The van der Waals surface area contributed by atoms with Gasteiger partial charge in [-0.3, -0.25) is 0 Å². The van der Waals surface area contributed by atoms with Crippen LogP contribution in [0.5, 0.6) is 5.75 Å². The van der Waals surface area contributed by atoms with Crippen molar-refractivity contribution in [2.75, 3.05) is 5.32 Å². The van der Waals surface area contributed by atoms with Gasteiger partial charge in [-0.05, 0) is 67.8 Å². The number of nitrogens with zero attached hydrogens (tertiary/aromatic N) is 2. The lowest BCUT2D eigenvalue weighted by atomic mass is 10.1. The first-order valence-electron chi connectivity index (χ1n) is 6.83. The molecule has 0 bridgehead atoms. The average molecular weight is 315 g/mol. The lowest BCUT2D eigenvalue weighted by Gasteiger charge is -2.12. The Balaban J connectivity index is 0.00000132. The molecule has 122 valence electrons. The molecule has 0 spiro atoms. The van der Waals surface area contributed by atoms with Crippen LogP contribution in [0, 0.1) is 20.8 Å². The molecule has 3 aromatic rings. The van der Waals surface area contributed by atoms with E-state index in [-0.39, 0.29) is 16.7 Å². The number of fused-ring (bicyclic) bond motifs is 1. The standard InChI is InChI=1S/C17H17N3O.2H2O/c1-10-7-14-16(8-11(10)2)18-9-19-17(14)20-15-5-4-13(21)6-12(15)3;;/h4-9,21H,1-3H3,(H,18,19,20);2*1H2. The van der Waals surface area contributed by atoms with Crippen molar-refractivity contribution in [3.05, 3.63) is 53.3 Å². The Morgan fingerprint density at radius 1 is 0.870 bits per heavy atom. The highest BCUT2D eigenvalue weighted by Crippen LogP contribution is 2.28. The average Bonchev–Trinajstić information content (AvgIpc) is 2.44. The molecular formula is C17H21N3O3. The predicted octanol–water partition coefficient (Wildman–Crippen LogP) is 2.35. The number of aryl methyl sites for hydroxylation is 3. The van der Waals surface area contributed by atoms with Gasteiger partial charge in [0.2, 0.25) is 0 Å². The minimum Gasteiger partial charge on any atom is -0.508 e. The molecule has 0 fully saturated rings. The maximum absolute atomic E-state index is 9.49. The summed E-state index contributed by atoms with van der Waals surface area (Å²) >= 11 is 0. The molecule has 2 aromatic carbocycles. The fraction of sp³-hybridized carbons (Fsp3) is 0.176. The fourth-order valence-electron chi connectivity index (χ4n) is 2.33. The van der Waals surface area contributed by atoms with Gasteiger partial charge in [0.1, 0.15) is 17.9 Å². The second kappa shape index (κ2) is 7.04. The van der Waals surface area contributed by atoms with E-state index in [1.165, 1.54) is 11.1 Å². The Kier molecular flexibility index (Phi) is 5.62. The normalized spacial score (nSPS) is 9.87. The summed E-state index contributed by atoms with van der Waals surface area (Å²) in [6.45, 7) is 6.10. The van der Waals surface area contributed by atoms with Gasteiger partial charge < -0.3 is 21.4 Å². The summed E-state index contributed by atoms with van der Waals surface area (Å²) in [4.78, 5) is 8.68. The molecule has 23 heavy (non-hydrogen) atoms. The third-order valence-corrected chi connectivity index (χ3v) is 3.71. The van der Waals surface area contributed by atoms with Gasteiger partial charge in [-0.1, -0.05) is 0 Å². The van der Waals surface area contributed by atoms with Crippen molar-refractivity contribution >= 4 is 22.4 Å². The molecule has 0 aliphatic heterocycles. The summed E-state index contributed by atoms with van der Waals surface area (Å²) in [7, 11) is 0. The summed E-state index contributed by atoms with van der Waals surface area (Å²) in [6.07, 6.45) is 1.56. The Morgan fingerprint density at radius 2 is 1.57 bits per heavy atom. The molecule has 6 nitrogen and oxygen atoms in total. The van der Waals surface area contributed by atoms with Crippen LogP contribution in [0.25, 0.3) is 10.9 Å². The van der Waals surface area contributed by atoms with Crippen molar-refractivity contribution in [2.45, 2.75) is 20.8 Å². The molecule has 6 N–H and O–H groups in total. The quantitative estimate of drug-likeness (QED) is 0.705. The number of phenolic OH excluding ortho intramolecular Hbond substituents is 1. The topological polar surface area (TPSA) is 121 Å². The smallest absolute Gasteiger partial charge is 0.141 e. The first-order chi connectivity index (χ1) is 10.0. The molecule has 0 radical (unpaired) electrons. The van der Waals surface area contributed by atoms with Crippen LogP contribution in [0.15, 0.2) is 36.7 Å². The van der Waals surface area contributed by atoms with E-state index in [1.54, 1.807) is 18.5 Å². The third-order valence-electron chi connectivity index (χ3n) is 3.71. The van der Waals surface area contributed by atoms with Crippen LogP contribution < -0.4 is 5.32 Å². The van der Waals surface area contributed by atoms with Crippen molar-refractivity contribution in [3.63, 3.8) is 0 Å². The highest BCUT2D eigenvalue weighted by molar-refractivity contribution is 5.91. The number of nitrogens with one attached hydrogen (secondary N) is 1. The molecular weight excluding hydrogens is 294 g/mol. The number of phenols is 1. The molecule has 0 saturated carbocycles. The van der Waals surface area contributed by atoms with Gasteiger partial charge in [0, 0.05) is 11.1 Å². The van der Waals surface area contributed by atoms with E-state index < -0.39 is 0 Å². The van der Waals surface area contributed by atoms with Crippen LogP contribution in [0.3, 0.4) is 0 Å². The number of aromatic nitrogens is 2. The van der Waals surface area contributed by atoms with Gasteiger partial charge in [0.05, 0.1) is 5.52 Å². The summed E-state index contributed by atoms with van der Waals surface area (Å²) in [5.74, 6) is 1.04. The zero-order valence-corrected chi connectivity index (χ0v) is 13.3. The monoisotopic (exact) mass is 315 g/mol. The van der Waals surface area contributed by atoms with Crippen LogP contribution in [-0.4, -0.2) is 26.0 Å². The van der Waals surface area contributed by atoms with E-state index in [0.717, 1.165) is 28.0 Å². The first kappa shape index (κ1) is 18.3. The summed E-state index contributed by atoms with van der Waals surface area (Å²) in [6, 6.07) is 9.40. The molecule has 0 amide bonds. The lowest BCUT2D eigenvalue weighted by molar-refractivity contribution is 0.475. The first-order valence-corrected chi connectivity index (χ1v) is 6.83. The van der Waals surface area contributed by atoms with Gasteiger partial charge in [0.25, 0.3) is 0 Å². The van der Waals surface area contributed by atoms with Crippen molar-refractivity contribution in [3.8, 4) is 5.75 Å². The Morgan fingerprint density at radius 3 is 2.26 bits per heavy atom. The number of rotatable bonds is 2. The molecule has 0 aliphatic rings. The summed E-state index contributed by atoms with van der Waals surface area (Å²) in [5.41, 5.74) is 5.24. The van der Waals surface area contributed by atoms with Crippen molar-refractivity contribution < 1.29 is 16.1 Å². The second-order valence-corrected chi connectivity index (χ2v) is 5.30. The fourth-order valence-corrected chi connectivity index (χ4v) is 2.33. The number of hydrogen-bond donors (Lipinski definition) is 2. The van der Waals surface area contributed by atoms with Crippen LogP contribution in [-0.2, 0) is 0 Å². The molecule has 0 aliphatic carbocycles. The largest absolute Gasteiger partial charge is 0.508 e. The van der Waals surface area contributed by atoms with Crippen LogP contribution in [0.4, 0.5) is 11.5 Å². The summed E-state index contributed by atoms with van der Waals surface area (Å²) in [5, 5.41) is 13.8. The number of benzene rings is 2. The maximum atomic E-state index is 9.49. The zero-order valence-electron chi connectivity index (χ0n) is 13.3. The van der Waals surface area contributed by atoms with E-state index in [0.29, 0.717) is 0 Å². The van der Waals surface area contributed by atoms with E-state index in [4.69, 9.17) is 0 Å². The number of aromatic hydroxyl groups is 1. The highest BCUT2D eigenvalue weighted by Gasteiger charge is 2.07. The summed E-state index contributed by atoms with van der Waals surface area (Å²) < 4.78 is 0. The lowest BCUT2D eigenvalue weighted by Crippen LogP contribution is -1.98. The van der Waals surface area contributed by atoms with E-state index in [9.17, 15) is 5.11 Å². The van der Waals surface area contributed by atoms with Crippen molar-refractivity contribution in [1.82, 2.24) is 9.97 Å². The van der Waals surface area contributed by atoms with Crippen molar-refractivity contribution in [1.29, 1.82) is 0 Å². The van der Waals surface area contributed by atoms with E-state index >= 15 is 0 Å². The second-order valence-electron chi connectivity index (χ2n) is 5.30. The molecule has 6 heteroatoms. The molecule has 1 aromatic heterocycles. The third kappa shape index (κ3) is 3.56. The van der Waals surface area contributed by atoms with Gasteiger partial charge >= 0.3 is 0 Å². The van der Waals surface area contributed by atoms with Crippen LogP contribution in [0.2, 0.25) is 0 Å². The minimum atomic E-state index is 0. The Labute approximate surface area is 134 Å². The van der Waals surface area contributed by atoms with Crippen LogP contribution in [0.1, 0.15) is 16.7 Å². The molecule has 0 atom stereocenters. The van der Waals surface area contributed by atoms with Crippen molar-refractivity contribution in [2.24, 2.45) is 0 Å². The van der Waals surface area contributed by atoms with Gasteiger partial charge in [-0.25, -0.2) is 9.97 Å². The Hall–Kier alpha value is -2.70. The molecule has 0 saturated heterocycles. The number of hydrogen-bond acceptors (Lipinski definition) is 4. The van der Waals surface area contributed by atoms with E-state index in [1.807, 2.05) is 13.0 Å². The Bertz CT molecular complexity index is 835. The zero-order chi connectivity index (χ0) is 15.0. The molecule has 0 unspecified atom stereocenters. The highest BCUT2D eigenvalue weighted by atomic mass is 16.3. The van der Waals surface area contributed by atoms with Gasteiger partial charge in [-0.2, -0.15) is 0 Å². The SMILES string of the molecule is Cc1cc2ncnc(Nc3ccc(O)cc3C)c2cc1C.O.O.